The summed E-state index contributed by atoms with van der Waals surface area (Å²) in [5.74, 6) is -0.338. The van der Waals surface area contributed by atoms with Crippen molar-refractivity contribution >= 4 is 32.5 Å². The highest BCUT2D eigenvalue weighted by Gasteiger charge is 2.13. The van der Waals surface area contributed by atoms with Crippen molar-refractivity contribution in [2.45, 2.75) is 19.2 Å². The summed E-state index contributed by atoms with van der Waals surface area (Å²) < 4.78 is 33.5. The number of methoxy groups -OCH3 is 1. The molecule has 3 rings (SSSR count). The van der Waals surface area contributed by atoms with Crippen LogP contribution in [0.3, 0.4) is 0 Å². The second-order valence-electron chi connectivity index (χ2n) is 6.83. The molecule has 1 heterocycles. The number of aromatic nitrogens is 1. The Morgan fingerprint density at radius 1 is 1.10 bits per heavy atom. The second-order valence-corrected chi connectivity index (χ2v) is 8.63. The summed E-state index contributed by atoms with van der Waals surface area (Å²) in [5.41, 5.74) is 3.16. The molecule has 0 aliphatic carbocycles. The minimum absolute atomic E-state index is 0.165. The zero-order valence-electron chi connectivity index (χ0n) is 16.5. The standard InChI is InChI=1S/C21H25N3O4S/c1-16-12-18-7-3-4-9-20(18)24(16)14-21(25)23-19-8-5-6-17(13-19)15-29(26,27)22-10-11-28-2/h3-9,12-13,22H,10-11,14-15H2,1-2H3,(H,23,25). The zero-order valence-corrected chi connectivity index (χ0v) is 17.3. The van der Waals surface area contributed by atoms with Crippen LogP contribution in [0.15, 0.2) is 54.6 Å². The predicted molar refractivity (Wildman–Crippen MR) is 114 cm³/mol. The Bertz CT molecular complexity index is 1110. The van der Waals surface area contributed by atoms with Gasteiger partial charge in [0, 0.05) is 30.6 Å². The molecule has 0 aliphatic rings. The van der Waals surface area contributed by atoms with Crippen molar-refractivity contribution in [3.8, 4) is 0 Å². The Hall–Kier alpha value is -2.68. The van der Waals surface area contributed by atoms with E-state index >= 15 is 0 Å². The number of ether oxygens (including phenoxy) is 1. The fourth-order valence-electron chi connectivity index (χ4n) is 3.21. The second kappa shape index (κ2) is 9.21. The first kappa shape index (κ1) is 21.0. The monoisotopic (exact) mass is 415 g/mol. The van der Waals surface area contributed by atoms with Crippen LogP contribution in [0.4, 0.5) is 5.69 Å². The third-order valence-corrected chi connectivity index (χ3v) is 5.87. The molecule has 154 valence electrons. The highest BCUT2D eigenvalue weighted by molar-refractivity contribution is 7.88. The SMILES string of the molecule is COCCNS(=O)(=O)Cc1cccc(NC(=O)Cn2c(C)cc3ccccc32)c1. The third kappa shape index (κ3) is 5.66. The molecule has 7 nitrogen and oxygen atoms in total. The Morgan fingerprint density at radius 2 is 1.90 bits per heavy atom. The fourth-order valence-corrected chi connectivity index (χ4v) is 4.33. The van der Waals surface area contributed by atoms with Crippen molar-refractivity contribution in [2.24, 2.45) is 0 Å². The molecule has 0 aliphatic heterocycles. The largest absolute Gasteiger partial charge is 0.383 e. The van der Waals surface area contributed by atoms with Gasteiger partial charge in [-0.1, -0.05) is 30.3 Å². The lowest BCUT2D eigenvalue weighted by Crippen LogP contribution is -2.28. The minimum Gasteiger partial charge on any atom is -0.383 e. The quantitative estimate of drug-likeness (QED) is 0.526. The number of para-hydroxylation sites is 1. The van der Waals surface area contributed by atoms with Crippen molar-refractivity contribution in [3.63, 3.8) is 0 Å². The molecular formula is C21H25N3O4S. The van der Waals surface area contributed by atoms with Gasteiger partial charge >= 0.3 is 0 Å². The van der Waals surface area contributed by atoms with Crippen LogP contribution in [-0.2, 0) is 31.9 Å². The summed E-state index contributed by atoms with van der Waals surface area (Å²) >= 11 is 0. The number of hydrogen-bond donors (Lipinski definition) is 2. The van der Waals surface area contributed by atoms with Crippen molar-refractivity contribution in [1.82, 2.24) is 9.29 Å². The van der Waals surface area contributed by atoms with Gasteiger partial charge in [-0.05, 0) is 42.1 Å². The molecule has 3 aromatic rings. The van der Waals surface area contributed by atoms with Crippen molar-refractivity contribution in [2.75, 3.05) is 25.6 Å². The fraction of sp³-hybridized carbons (Fsp3) is 0.286. The molecule has 0 radical (unpaired) electrons. The maximum absolute atomic E-state index is 12.6. The van der Waals surface area contributed by atoms with Gasteiger partial charge in [0.25, 0.3) is 0 Å². The van der Waals surface area contributed by atoms with E-state index < -0.39 is 10.0 Å². The normalized spacial score (nSPS) is 11.7. The minimum atomic E-state index is -3.47. The molecule has 1 aromatic heterocycles. The van der Waals surface area contributed by atoms with E-state index in [0.29, 0.717) is 17.9 Å². The van der Waals surface area contributed by atoms with E-state index in [1.54, 1.807) is 24.3 Å². The number of amides is 1. The Morgan fingerprint density at radius 3 is 2.69 bits per heavy atom. The number of rotatable bonds is 9. The van der Waals surface area contributed by atoms with Crippen LogP contribution in [0.5, 0.6) is 0 Å². The maximum atomic E-state index is 12.6. The molecule has 1 amide bonds. The first-order valence-electron chi connectivity index (χ1n) is 9.28. The molecule has 0 fully saturated rings. The number of carbonyl (C=O) groups excluding carboxylic acids is 1. The van der Waals surface area contributed by atoms with Gasteiger partial charge in [0.15, 0.2) is 0 Å². The van der Waals surface area contributed by atoms with Crippen LogP contribution in [0, 0.1) is 6.92 Å². The molecule has 0 spiro atoms. The first-order chi connectivity index (χ1) is 13.9. The number of nitrogens with one attached hydrogen (secondary N) is 2. The Labute approximate surface area is 170 Å². The van der Waals surface area contributed by atoms with Gasteiger partial charge in [-0.15, -0.1) is 0 Å². The van der Waals surface area contributed by atoms with E-state index in [-0.39, 0.29) is 24.7 Å². The number of benzene rings is 2. The van der Waals surface area contributed by atoms with E-state index in [9.17, 15) is 13.2 Å². The average Bonchev–Trinajstić information content (AvgIpc) is 2.97. The molecule has 2 N–H and O–H groups in total. The Kier molecular flexibility index (Phi) is 6.68. The number of fused-ring (bicyclic) bond motifs is 1. The van der Waals surface area contributed by atoms with Gasteiger partial charge in [0.2, 0.25) is 15.9 Å². The number of anilines is 1. The number of aryl methyl sites for hydroxylation is 1. The number of nitrogens with zero attached hydrogens (tertiary/aromatic N) is 1. The Balaban J connectivity index is 1.66. The summed E-state index contributed by atoms with van der Waals surface area (Å²) in [6, 6.07) is 16.8. The lowest BCUT2D eigenvalue weighted by atomic mass is 10.2. The highest BCUT2D eigenvalue weighted by atomic mass is 32.2. The molecule has 0 unspecified atom stereocenters. The molecule has 2 aromatic carbocycles. The average molecular weight is 416 g/mol. The van der Waals surface area contributed by atoms with Crippen LogP contribution in [0.2, 0.25) is 0 Å². The molecular weight excluding hydrogens is 390 g/mol. The third-order valence-electron chi connectivity index (χ3n) is 4.52. The van der Waals surface area contributed by atoms with E-state index in [0.717, 1.165) is 16.6 Å². The summed E-state index contributed by atoms with van der Waals surface area (Å²) in [5, 5.41) is 3.94. The molecule has 0 saturated heterocycles. The van der Waals surface area contributed by atoms with Crippen LogP contribution in [0.25, 0.3) is 10.9 Å². The van der Waals surface area contributed by atoms with Crippen molar-refractivity contribution in [3.05, 3.63) is 65.9 Å². The lowest BCUT2D eigenvalue weighted by molar-refractivity contribution is -0.116. The van der Waals surface area contributed by atoms with Crippen molar-refractivity contribution < 1.29 is 17.9 Å². The van der Waals surface area contributed by atoms with Crippen LogP contribution >= 0.6 is 0 Å². The van der Waals surface area contributed by atoms with E-state index in [1.807, 2.05) is 41.8 Å². The van der Waals surface area contributed by atoms with E-state index in [2.05, 4.69) is 10.0 Å². The van der Waals surface area contributed by atoms with Crippen LogP contribution < -0.4 is 10.0 Å². The molecule has 0 saturated carbocycles. The smallest absolute Gasteiger partial charge is 0.244 e. The van der Waals surface area contributed by atoms with Crippen LogP contribution in [-0.4, -0.2) is 39.2 Å². The lowest BCUT2D eigenvalue weighted by Gasteiger charge is -2.11. The van der Waals surface area contributed by atoms with Gasteiger partial charge in [-0.2, -0.15) is 0 Å². The zero-order chi connectivity index (χ0) is 20.9. The van der Waals surface area contributed by atoms with Crippen molar-refractivity contribution in [1.29, 1.82) is 0 Å². The summed E-state index contributed by atoms with van der Waals surface area (Å²) in [6.07, 6.45) is 0. The molecule has 0 bridgehead atoms. The topological polar surface area (TPSA) is 89.4 Å². The maximum Gasteiger partial charge on any atom is 0.244 e. The molecule has 8 heteroatoms. The van der Waals surface area contributed by atoms with Gasteiger partial charge < -0.3 is 14.6 Å². The highest BCUT2D eigenvalue weighted by Crippen LogP contribution is 2.19. The van der Waals surface area contributed by atoms with E-state index in [1.165, 1.54) is 7.11 Å². The summed E-state index contributed by atoms with van der Waals surface area (Å²) in [6.45, 7) is 2.68. The molecule has 0 atom stereocenters. The van der Waals surface area contributed by atoms with Gasteiger partial charge in [-0.25, -0.2) is 13.1 Å². The number of carbonyl (C=O) groups is 1. The summed E-state index contributed by atoms with van der Waals surface area (Å²) in [7, 11) is -1.96. The number of hydrogen-bond acceptors (Lipinski definition) is 4. The van der Waals surface area contributed by atoms with Gasteiger partial charge in [0.05, 0.1) is 12.4 Å². The molecule has 29 heavy (non-hydrogen) atoms. The first-order valence-corrected chi connectivity index (χ1v) is 10.9. The van der Waals surface area contributed by atoms with Gasteiger partial charge in [-0.3, -0.25) is 4.79 Å². The van der Waals surface area contributed by atoms with Crippen LogP contribution in [0.1, 0.15) is 11.3 Å². The number of sulfonamides is 1. The predicted octanol–water partition coefficient (Wildman–Crippen LogP) is 2.65. The van der Waals surface area contributed by atoms with E-state index in [4.69, 9.17) is 4.74 Å². The van der Waals surface area contributed by atoms with Gasteiger partial charge in [0.1, 0.15) is 6.54 Å². The summed E-state index contributed by atoms with van der Waals surface area (Å²) in [4.78, 5) is 12.6.